The van der Waals surface area contributed by atoms with Crippen molar-refractivity contribution in [3.63, 3.8) is 0 Å². The molecular weight excluding hydrogens is 382 g/mol. The Morgan fingerprint density at radius 3 is 2.55 bits per heavy atom. The van der Waals surface area contributed by atoms with Gasteiger partial charge in [-0.05, 0) is 37.0 Å². The van der Waals surface area contributed by atoms with E-state index in [1.165, 1.54) is 0 Å². The van der Waals surface area contributed by atoms with E-state index < -0.39 is 22.9 Å². The molecule has 3 aromatic rings. The Morgan fingerprint density at radius 1 is 1.10 bits per heavy atom. The molecule has 0 fully saturated rings. The van der Waals surface area contributed by atoms with Crippen LogP contribution in [0.1, 0.15) is 43.3 Å². The monoisotopic (exact) mass is 402 g/mol. The van der Waals surface area contributed by atoms with Gasteiger partial charge in [0.1, 0.15) is 17.2 Å². The highest BCUT2D eigenvalue weighted by Crippen LogP contribution is 2.22. The van der Waals surface area contributed by atoms with E-state index >= 15 is 0 Å². The molecule has 0 bridgehead atoms. The number of aryl methyl sites for hydroxylation is 1. The van der Waals surface area contributed by atoms with Crippen LogP contribution in [0.2, 0.25) is 0 Å². The van der Waals surface area contributed by atoms with Crippen molar-refractivity contribution in [1.29, 1.82) is 0 Å². The zero-order chi connectivity index (χ0) is 20.5. The molecule has 0 spiro atoms. The summed E-state index contributed by atoms with van der Waals surface area (Å²) in [5.41, 5.74) is -0.102. The average Bonchev–Trinajstić information content (AvgIpc) is 3.01. The van der Waals surface area contributed by atoms with E-state index in [1.54, 1.807) is 4.57 Å². The first-order valence-corrected chi connectivity index (χ1v) is 9.62. The van der Waals surface area contributed by atoms with Crippen LogP contribution < -0.4 is 11.2 Å². The summed E-state index contributed by atoms with van der Waals surface area (Å²) < 4.78 is 34.9. The number of hydrogen-bond donors (Lipinski definition) is 0. The smallest absolute Gasteiger partial charge is 0.331 e. The molecule has 0 atom stereocenters. The van der Waals surface area contributed by atoms with Gasteiger partial charge in [-0.2, -0.15) is 4.98 Å². The number of hydrogen-bond acceptors (Lipinski definition) is 5. The Labute approximate surface area is 164 Å². The fourth-order valence-corrected chi connectivity index (χ4v) is 3.72. The van der Waals surface area contributed by atoms with Gasteiger partial charge < -0.3 is 4.52 Å². The van der Waals surface area contributed by atoms with Crippen molar-refractivity contribution in [1.82, 2.24) is 19.3 Å². The van der Waals surface area contributed by atoms with Gasteiger partial charge in [-0.1, -0.05) is 18.5 Å². The minimum absolute atomic E-state index is 0.136. The molecule has 4 rings (SSSR count). The van der Waals surface area contributed by atoms with Gasteiger partial charge in [0, 0.05) is 24.7 Å². The van der Waals surface area contributed by atoms with E-state index in [2.05, 4.69) is 10.1 Å². The molecule has 0 amide bonds. The van der Waals surface area contributed by atoms with Crippen molar-refractivity contribution in [2.45, 2.75) is 52.1 Å². The van der Waals surface area contributed by atoms with Gasteiger partial charge in [0.2, 0.25) is 11.7 Å². The van der Waals surface area contributed by atoms with E-state index in [-0.39, 0.29) is 23.5 Å². The van der Waals surface area contributed by atoms with Crippen molar-refractivity contribution in [2.75, 3.05) is 0 Å². The van der Waals surface area contributed by atoms with Crippen LogP contribution in [0, 0.1) is 11.6 Å². The first-order valence-electron chi connectivity index (χ1n) is 9.62. The van der Waals surface area contributed by atoms with Crippen molar-refractivity contribution < 1.29 is 13.3 Å². The van der Waals surface area contributed by atoms with Crippen LogP contribution in [0.5, 0.6) is 0 Å². The van der Waals surface area contributed by atoms with Gasteiger partial charge in [0.05, 0.1) is 6.54 Å². The Hall–Kier alpha value is -3.10. The highest BCUT2D eigenvalue weighted by molar-refractivity contribution is 5.56. The SMILES string of the molecule is CCc1nc(-c2c3n(c(=O)n(Cc4cc(F)cc(F)c4)c2=O)CCCCC3)no1. The first kappa shape index (κ1) is 19.2. The number of rotatable bonds is 4. The van der Waals surface area contributed by atoms with E-state index in [0.717, 1.165) is 42.0 Å². The van der Waals surface area contributed by atoms with Crippen LogP contribution in [0.3, 0.4) is 0 Å². The van der Waals surface area contributed by atoms with Gasteiger partial charge in [-0.3, -0.25) is 13.9 Å². The predicted octanol–water partition coefficient (Wildman–Crippen LogP) is 2.68. The standard InChI is InChI=1S/C20H20F2N4O3/c1-2-16-23-18(24-29-16)17-15-6-4-3-5-7-25(15)20(28)26(19(17)27)11-12-8-13(21)10-14(22)9-12/h8-10H,2-7,11H2,1H3. The first-order chi connectivity index (χ1) is 14.0. The van der Waals surface area contributed by atoms with Gasteiger partial charge in [-0.25, -0.2) is 13.6 Å². The lowest BCUT2D eigenvalue weighted by Gasteiger charge is -2.16. The number of halogens is 2. The third-order valence-corrected chi connectivity index (χ3v) is 5.09. The molecule has 152 valence electrons. The van der Waals surface area contributed by atoms with Gasteiger partial charge in [0.25, 0.3) is 5.56 Å². The molecule has 3 heterocycles. The third kappa shape index (κ3) is 3.64. The molecule has 9 heteroatoms. The molecule has 1 aliphatic rings. The topological polar surface area (TPSA) is 82.9 Å². The molecule has 2 aromatic heterocycles. The highest BCUT2D eigenvalue weighted by atomic mass is 19.1. The van der Waals surface area contributed by atoms with Gasteiger partial charge >= 0.3 is 5.69 Å². The quantitative estimate of drug-likeness (QED) is 0.670. The summed E-state index contributed by atoms with van der Waals surface area (Å²) in [7, 11) is 0. The lowest BCUT2D eigenvalue weighted by molar-refractivity contribution is 0.382. The molecule has 0 saturated heterocycles. The molecule has 0 N–H and O–H groups in total. The summed E-state index contributed by atoms with van der Waals surface area (Å²) in [6.45, 7) is 2.06. The molecule has 7 nitrogen and oxygen atoms in total. The van der Waals surface area contributed by atoms with Crippen molar-refractivity contribution >= 4 is 0 Å². The second kappa shape index (κ2) is 7.73. The molecule has 0 saturated carbocycles. The summed E-state index contributed by atoms with van der Waals surface area (Å²) in [6.07, 6.45) is 3.62. The maximum absolute atomic E-state index is 13.6. The van der Waals surface area contributed by atoms with E-state index in [4.69, 9.17) is 4.52 Å². The summed E-state index contributed by atoms with van der Waals surface area (Å²) in [4.78, 5) is 30.6. The number of fused-ring (bicyclic) bond motifs is 1. The lowest BCUT2D eigenvalue weighted by Crippen LogP contribution is -2.42. The van der Waals surface area contributed by atoms with Crippen LogP contribution in [0.25, 0.3) is 11.4 Å². The number of nitrogens with zero attached hydrogens (tertiary/aromatic N) is 4. The minimum Gasteiger partial charge on any atom is -0.339 e. The van der Waals surface area contributed by atoms with Crippen LogP contribution >= 0.6 is 0 Å². The number of benzene rings is 1. The van der Waals surface area contributed by atoms with E-state index in [9.17, 15) is 18.4 Å². The summed E-state index contributed by atoms with van der Waals surface area (Å²) in [5, 5.41) is 3.93. The molecule has 1 aromatic carbocycles. The Kier molecular flexibility index (Phi) is 5.12. The predicted molar refractivity (Wildman–Crippen MR) is 101 cm³/mol. The molecular formula is C20H20F2N4O3. The molecule has 0 aliphatic carbocycles. The zero-order valence-corrected chi connectivity index (χ0v) is 16.0. The third-order valence-electron chi connectivity index (χ3n) is 5.09. The van der Waals surface area contributed by atoms with Crippen LogP contribution in [-0.4, -0.2) is 19.3 Å². The van der Waals surface area contributed by atoms with Crippen molar-refractivity contribution in [3.8, 4) is 11.4 Å². The fourth-order valence-electron chi connectivity index (χ4n) is 3.72. The van der Waals surface area contributed by atoms with Gasteiger partial charge in [0.15, 0.2) is 0 Å². The fraction of sp³-hybridized carbons (Fsp3) is 0.400. The maximum atomic E-state index is 13.6. The number of aromatic nitrogens is 4. The molecule has 0 radical (unpaired) electrons. The summed E-state index contributed by atoms with van der Waals surface area (Å²) in [5.74, 6) is -1.02. The van der Waals surface area contributed by atoms with Gasteiger partial charge in [-0.15, -0.1) is 0 Å². The lowest BCUT2D eigenvalue weighted by atomic mass is 10.1. The van der Waals surface area contributed by atoms with E-state index in [1.807, 2.05) is 6.92 Å². The minimum atomic E-state index is -0.770. The normalized spacial score (nSPS) is 13.9. The largest absolute Gasteiger partial charge is 0.339 e. The van der Waals surface area contributed by atoms with Crippen LogP contribution in [-0.2, 0) is 25.9 Å². The summed E-state index contributed by atoms with van der Waals surface area (Å²) >= 11 is 0. The Balaban J connectivity index is 1.94. The highest BCUT2D eigenvalue weighted by Gasteiger charge is 2.25. The molecule has 29 heavy (non-hydrogen) atoms. The maximum Gasteiger partial charge on any atom is 0.331 e. The second-order valence-electron chi connectivity index (χ2n) is 7.10. The molecule has 0 unspecified atom stereocenters. The van der Waals surface area contributed by atoms with Crippen molar-refractivity contribution in [3.05, 3.63) is 67.8 Å². The summed E-state index contributed by atoms with van der Waals surface area (Å²) in [6, 6.07) is 2.95. The average molecular weight is 402 g/mol. The Morgan fingerprint density at radius 2 is 1.86 bits per heavy atom. The van der Waals surface area contributed by atoms with Crippen LogP contribution in [0.4, 0.5) is 8.78 Å². The molecule has 1 aliphatic heterocycles. The van der Waals surface area contributed by atoms with Crippen LogP contribution in [0.15, 0.2) is 32.3 Å². The zero-order valence-electron chi connectivity index (χ0n) is 16.0. The van der Waals surface area contributed by atoms with E-state index in [0.29, 0.717) is 31.0 Å². The Bertz CT molecular complexity index is 1160. The van der Waals surface area contributed by atoms with Crippen molar-refractivity contribution in [2.24, 2.45) is 0 Å². The second-order valence-corrected chi connectivity index (χ2v) is 7.10.